The van der Waals surface area contributed by atoms with Crippen LogP contribution in [0.15, 0.2) is 36.4 Å². The standard InChI is InChI=1S/C18H16FN5O2/c1-10(17(20)25)21-18(26)15-8-7-14-16(22-15)13(23-24-14)6-5-11-3-2-4-12(19)9-11/h2-10H,1H3,(H2,20,25)(H,21,26)(H,23,24). The highest BCUT2D eigenvalue weighted by atomic mass is 19.1. The number of benzene rings is 1. The average molecular weight is 353 g/mol. The number of amides is 2. The minimum Gasteiger partial charge on any atom is -0.368 e. The van der Waals surface area contributed by atoms with Crippen LogP contribution in [0, 0.1) is 5.82 Å². The summed E-state index contributed by atoms with van der Waals surface area (Å²) in [5.74, 6) is -1.49. The maximum absolute atomic E-state index is 13.2. The van der Waals surface area contributed by atoms with Crippen LogP contribution >= 0.6 is 0 Å². The zero-order valence-corrected chi connectivity index (χ0v) is 13.9. The number of rotatable bonds is 5. The van der Waals surface area contributed by atoms with Crippen LogP contribution in [0.4, 0.5) is 4.39 Å². The van der Waals surface area contributed by atoms with Crippen molar-refractivity contribution < 1.29 is 14.0 Å². The fourth-order valence-electron chi connectivity index (χ4n) is 2.29. The number of pyridine rings is 1. The second kappa shape index (κ2) is 7.14. The summed E-state index contributed by atoms with van der Waals surface area (Å²) in [5.41, 5.74) is 7.57. The maximum atomic E-state index is 13.2. The molecule has 3 aromatic rings. The van der Waals surface area contributed by atoms with E-state index < -0.39 is 17.9 Å². The molecule has 0 aliphatic carbocycles. The highest BCUT2D eigenvalue weighted by molar-refractivity contribution is 5.98. The molecular weight excluding hydrogens is 337 g/mol. The van der Waals surface area contributed by atoms with Gasteiger partial charge in [0.2, 0.25) is 5.91 Å². The molecule has 1 unspecified atom stereocenters. The zero-order chi connectivity index (χ0) is 18.7. The minimum atomic E-state index is -0.809. The van der Waals surface area contributed by atoms with E-state index in [2.05, 4.69) is 20.5 Å². The molecule has 4 N–H and O–H groups in total. The molecule has 3 rings (SSSR count). The maximum Gasteiger partial charge on any atom is 0.270 e. The van der Waals surface area contributed by atoms with Crippen LogP contribution in [0.5, 0.6) is 0 Å². The first-order valence-corrected chi connectivity index (χ1v) is 7.83. The minimum absolute atomic E-state index is 0.132. The van der Waals surface area contributed by atoms with E-state index in [0.717, 1.165) is 0 Å². The Bertz CT molecular complexity index is 1010. The molecule has 8 heteroatoms. The first-order valence-electron chi connectivity index (χ1n) is 7.83. The summed E-state index contributed by atoms with van der Waals surface area (Å²) in [6.45, 7) is 1.49. The molecule has 0 radical (unpaired) electrons. The van der Waals surface area contributed by atoms with Gasteiger partial charge in [-0.15, -0.1) is 0 Å². The number of nitrogens with zero attached hydrogens (tertiary/aromatic N) is 2. The fraction of sp³-hybridized carbons (Fsp3) is 0.111. The molecule has 0 aliphatic heterocycles. The van der Waals surface area contributed by atoms with Gasteiger partial charge in [0.1, 0.15) is 28.8 Å². The van der Waals surface area contributed by atoms with Gasteiger partial charge in [-0.3, -0.25) is 14.7 Å². The van der Waals surface area contributed by atoms with Crippen LogP contribution in [0.2, 0.25) is 0 Å². The molecule has 0 bridgehead atoms. The first-order chi connectivity index (χ1) is 12.4. The van der Waals surface area contributed by atoms with Gasteiger partial charge in [-0.1, -0.05) is 18.2 Å². The molecule has 2 amide bonds. The van der Waals surface area contributed by atoms with Crippen molar-refractivity contribution in [2.24, 2.45) is 5.73 Å². The molecule has 2 aromatic heterocycles. The SMILES string of the molecule is CC(NC(=O)c1ccc2[nH]nc(C=Cc3cccc(F)c3)c2n1)C(N)=O. The van der Waals surface area contributed by atoms with Crippen LogP contribution in [0.3, 0.4) is 0 Å². The number of aromatic amines is 1. The summed E-state index contributed by atoms with van der Waals surface area (Å²) in [4.78, 5) is 27.5. The Kier molecular flexibility index (Phi) is 4.74. The summed E-state index contributed by atoms with van der Waals surface area (Å²) in [7, 11) is 0. The van der Waals surface area contributed by atoms with Gasteiger partial charge in [0.25, 0.3) is 5.91 Å². The Balaban J connectivity index is 1.88. The van der Waals surface area contributed by atoms with Crippen LogP contribution < -0.4 is 11.1 Å². The predicted octanol–water partition coefficient (Wildman–Crippen LogP) is 1.87. The van der Waals surface area contributed by atoms with E-state index in [9.17, 15) is 14.0 Å². The van der Waals surface area contributed by atoms with Gasteiger partial charge < -0.3 is 11.1 Å². The second-order valence-corrected chi connectivity index (χ2v) is 5.69. The normalized spacial score (nSPS) is 12.4. The van der Waals surface area contributed by atoms with Crippen molar-refractivity contribution in [1.29, 1.82) is 0 Å². The molecule has 132 valence electrons. The number of aromatic nitrogens is 3. The third kappa shape index (κ3) is 3.75. The molecule has 0 aliphatic rings. The number of hydrogen-bond donors (Lipinski definition) is 3. The summed E-state index contributed by atoms with van der Waals surface area (Å²) < 4.78 is 13.2. The van der Waals surface area contributed by atoms with Gasteiger partial charge >= 0.3 is 0 Å². The molecular formula is C18H16FN5O2. The summed E-state index contributed by atoms with van der Waals surface area (Å²) in [6.07, 6.45) is 3.37. The summed E-state index contributed by atoms with van der Waals surface area (Å²) in [5, 5.41) is 9.44. The van der Waals surface area contributed by atoms with E-state index >= 15 is 0 Å². The van der Waals surface area contributed by atoms with Gasteiger partial charge in [-0.25, -0.2) is 9.37 Å². The largest absolute Gasteiger partial charge is 0.368 e. The summed E-state index contributed by atoms with van der Waals surface area (Å²) >= 11 is 0. The van der Waals surface area contributed by atoms with E-state index in [0.29, 0.717) is 22.3 Å². The molecule has 2 heterocycles. The van der Waals surface area contributed by atoms with E-state index in [-0.39, 0.29) is 11.5 Å². The van der Waals surface area contributed by atoms with E-state index in [4.69, 9.17) is 5.73 Å². The van der Waals surface area contributed by atoms with Gasteiger partial charge in [0, 0.05) is 0 Å². The van der Waals surface area contributed by atoms with E-state index in [1.54, 1.807) is 30.4 Å². The van der Waals surface area contributed by atoms with Crippen molar-refractivity contribution in [3.8, 4) is 0 Å². The molecule has 1 atom stereocenters. The van der Waals surface area contributed by atoms with E-state index in [1.807, 2.05) is 0 Å². The Morgan fingerprint density at radius 3 is 2.81 bits per heavy atom. The Labute approximate surface area is 148 Å². The second-order valence-electron chi connectivity index (χ2n) is 5.69. The number of H-pyrrole nitrogens is 1. The smallest absolute Gasteiger partial charge is 0.270 e. The lowest BCUT2D eigenvalue weighted by atomic mass is 10.2. The number of carbonyl (C=O) groups excluding carboxylic acids is 2. The Morgan fingerprint density at radius 1 is 1.27 bits per heavy atom. The van der Waals surface area contributed by atoms with Gasteiger partial charge in [-0.2, -0.15) is 5.10 Å². The number of carbonyl (C=O) groups is 2. The quantitative estimate of drug-likeness (QED) is 0.650. The molecule has 0 fully saturated rings. The van der Waals surface area contributed by atoms with Crippen LogP contribution in [-0.4, -0.2) is 33.0 Å². The Hall–Kier alpha value is -3.55. The van der Waals surface area contributed by atoms with Crippen molar-refractivity contribution in [1.82, 2.24) is 20.5 Å². The average Bonchev–Trinajstić information content (AvgIpc) is 3.02. The first kappa shape index (κ1) is 17.3. The Morgan fingerprint density at radius 2 is 2.08 bits per heavy atom. The lowest BCUT2D eigenvalue weighted by Gasteiger charge is -2.09. The van der Waals surface area contributed by atoms with Crippen molar-refractivity contribution in [3.05, 3.63) is 59.2 Å². The number of nitrogens with two attached hydrogens (primary N) is 1. The lowest BCUT2D eigenvalue weighted by molar-refractivity contribution is -0.119. The lowest BCUT2D eigenvalue weighted by Crippen LogP contribution is -2.42. The van der Waals surface area contributed by atoms with Crippen LogP contribution in [0.1, 0.15) is 28.7 Å². The van der Waals surface area contributed by atoms with Gasteiger partial charge in [-0.05, 0) is 42.8 Å². The molecule has 7 nitrogen and oxygen atoms in total. The van der Waals surface area contributed by atoms with Crippen LogP contribution in [-0.2, 0) is 4.79 Å². The fourth-order valence-corrected chi connectivity index (χ4v) is 2.29. The van der Waals surface area contributed by atoms with Gasteiger partial charge in [0.05, 0.1) is 5.52 Å². The highest BCUT2D eigenvalue weighted by Gasteiger charge is 2.16. The predicted molar refractivity (Wildman–Crippen MR) is 95.3 cm³/mol. The molecule has 26 heavy (non-hydrogen) atoms. The number of primary amides is 1. The van der Waals surface area contributed by atoms with Crippen molar-refractivity contribution in [2.45, 2.75) is 13.0 Å². The number of hydrogen-bond acceptors (Lipinski definition) is 4. The highest BCUT2D eigenvalue weighted by Crippen LogP contribution is 2.17. The van der Waals surface area contributed by atoms with Crippen molar-refractivity contribution >= 4 is 35.0 Å². The topological polar surface area (TPSA) is 114 Å². The van der Waals surface area contributed by atoms with Gasteiger partial charge in [0.15, 0.2) is 0 Å². The molecule has 0 saturated heterocycles. The number of halogens is 1. The zero-order valence-electron chi connectivity index (χ0n) is 13.9. The third-order valence-corrected chi connectivity index (χ3v) is 3.72. The number of nitrogens with one attached hydrogen (secondary N) is 2. The van der Waals surface area contributed by atoms with Crippen LogP contribution in [0.25, 0.3) is 23.2 Å². The molecule has 1 aromatic carbocycles. The summed E-state index contributed by atoms with van der Waals surface area (Å²) in [6, 6.07) is 8.49. The third-order valence-electron chi connectivity index (χ3n) is 3.72. The molecule has 0 saturated carbocycles. The number of fused-ring (bicyclic) bond motifs is 1. The monoisotopic (exact) mass is 353 g/mol. The van der Waals surface area contributed by atoms with Crippen molar-refractivity contribution in [2.75, 3.05) is 0 Å². The molecule has 0 spiro atoms. The van der Waals surface area contributed by atoms with Crippen molar-refractivity contribution in [3.63, 3.8) is 0 Å². The van der Waals surface area contributed by atoms with E-state index in [1.165, 1.54) is 25.1 Å².